The third-order valence-corrected chi connectivity index (χ3v) is 3.23. The predicted octanol–water partition coefficient (Wildman–Crippen LogP) is 3.07. The summed E-state index contributed by atoms with van der Waals surface area (Å²) < 4.78 is 5.13. The molecule has 1 amide bonds. The molecule has 0 spiro atoms. The summed E-state index contributed by atoms with van der Waals surface area (Å²) in [6.07, 6.45) is -0.984. The van der Waals surface area contributed by atoms with Crippen LogP contribution in [0, 0.1) is 0 Å². The summed E-state index contributed by atoms with van der Waals surface area (Å²) in [5.74, 6) is -1.23. The molecule has 0 aliphatic heterocycles. The highest BCUT2D eigenvalue weighted by molar-refractivity contribution is 6.05. The minimum atomic E-state index is -0.984. The van der Waals surface area contributed by atoms with Crippen molar-refractivity contribution in [1.29, 1.82) is 0 Å². The Morgan fingerprint density at radius 2 is 1.57 bits per heavy atom. The molecule has 0 saturated heterocycles. The lowest BCUT2D eigenvalue weighted by molar-refractivity contribution is -0.123. The second-order valence-electron chi connectivity index (χ2n) is 5.00. The average Bonchev–Trinajstić information content (AvgIpc) is 2.55. The first-order valence-electron chi connectivity index (χ1n) is 7.16. The molecule has 2 aromatic carbocycles. The second kappa shape index (κ2) is 7.35. The number of ketones is 1. The van der Waals surface area contributed by atoms with E-state index in [4.69, 9.17) is 4.74 Å². The van der Waals surface area contributed by atoms with Crippen LogP contribution in [-0.2, 0) is 9.53 Å². The van der Waals surface area contributed by atoms with E-state index >= 15 is 0 Å². The summed E-state index contributed by atoms with van der Waals surface area (Å²) in [5, 5.41) is 2.61. The van der Waals surface area contributed by atoms with Crippen LogP contribution >= 0.6 is 0 Å². The van der Waals surface area contributed by atoms with E-state index < -0.39 is 18.0 Å². The zero-order chi connectivity index (χ0) is 16.8. The maximum Gasteiger partial charge on any atom is 0.338 e. The molecular formula is C18H17NO4. The Balaban J connectivity index is 2.04. The van der Waals surface area contributed by atoms with Gasteiger partial charge in [-0.15, -0.1) is 0 Å². The number of benzene rings is 2. The van der Waals surface area contributed by atoms with Crippen LogP contribution in [0.15, 0.2) is 54.6 Å². The number of amides is 1. The van der Waals surface area contributed by atoms with Gasteiger partial charge in [0.2, 0.25) is 0 Å². The van der Waals surface area contributed by atoms with Gasteiger partial charge in [0.15, 0.2) is 11.9 Å². The van der Waals surface area contributed by atoms with Crippen molar-refractivity contribution in [3.8, 4) is 0 Å². The quantitative estimate of drug-likeness (QED) is 0.680. The van der Waals surface area contributed by atoms with Crippen LogP contribution in [0.5, 0.6) is 0 Å². The van der Waals surface area contributed by atoms with Crippen molar-refractivity contribution in [2.24, 2.45) is 0 Å². The Bertz CT molecular complexity index is 725. The molecule has 0 saturated carbocycles. The first-order chi connectivity index (χ1) is 11.0. The minimum absolute atomic E-state index is 0.158. The summed E-state index contributed by atoms with van der Waals surface area (Å²) in [6.45, 7) is 2.90. The largest absolute Gasteiger partial charge is 0.449 e. The maximum absolute atomic E-state index is 12.2. The smallest absolute Gasteiger partial charge is 0.338 e. The fourth-order valence-corrected chi connectivity index (χ4v) is 1.99. The summed E-state index contributed by atoms with van der Waals surface area (Å²) >= 11 is 0. The van der Waals surface area contributed by atoms with Crippen molar-refractivity contribution in [3.63, 3.8) is 0 Å². The van der Waals surface area contributed by atoms with Crippen molar-refractivity contribution in [2.45, 2.75) is 20.0 Å². The number of esters is 1. The molecule has 0 bridgehead atoms. The molecular weight excluding hydrogens is 294 g/mol. The van der Waals surface area contributed by atoms with Crippen LogP contribution in [0.1, 0.15) is 34.6 Å². The SMILES string of the molecule is CC(=O)c1ccccc1NC(=O)C(C)OC(=O)c1ccccc1. The summed E-state index contributed by atoms with van der Waals surface area (Å²) in [6, 6.07) is 15.1. The lowest BCUT2D eigenvalue weighted by Gasteiger charge is -2.15. The molecule has 118 valence electrons. The van der Waals surface area contributed by atoms with E-state index in [1.165, 1.54) is 13.8 Å². The molecule has 0 aliphatic rings. The van der Waals surface area contributed by atoms with Gasteiger partial charge in [-0.05, 0) is 38.1 Å². The number of hydrogen-bond acceptors (Lipinski definition) is 4. The molecule has 23 heavy (non-hydrogen) atoms. The zero-order valence-electron chi connectivity index (χ0n) is 12.9. The number of carbonyl (C=O) groups excluding carboxylic acids is 3. The molecule has 2 rings (SSSR count). The van der Waals surface area contributed by atoms with Crippen molar-refractivity contribution in [2.75, 3.05) is 5.32 Å². The van der Waals surface area contributed by atoms with Gasteiger partial charge in [0, 0.05) is 5.56 Å². The van der Waals surface area contributed by atoms with Crippen molar-refractivity contribution >= 4 is 23.3 Å². The van der Waals surface area contributed by atoms with Crippen LogP contribution in [0.2, 0.25) is 0 Å². The second-order valence-corrected chi connectivity index (χ2v) is 5.00. The van der Waals surface area contributed by atoms with Crippen molar-refractivity contribution < 1.29 is 19.1 Å². The van der Waals surface area contributed by atoms with Gasteiger partial charge in [0.05, 0.1) is 11.3 Å². The van der Waals surface area contributed by atoms with Gasteiger partial charge in [-0.2, -0.15) is 0 Å². The van der Waals surface area contributed by atoms with E-state index in [0.717, 1.165) is 0 Å². The van der Waals surface area contributed by atoms with E-state index in [1.54, 1.807) is 54.6 Å². The Hall–Kier alpha value is -2.95. The van der Waals surface area contributed by atoms with E-state index in [9.17, 15) is 14.4 Å². The number of rotatable bonds is 5. The number of carbonyl (C=O) groups is 3. The van der Waals surface area contributed by atoms with Crippen LogP contribution in [0.3, 0.4) is 0 Å². The molecule has 2 aromatic rings. The number of hydrogen-bond donors (Lipinski definition) is 1. The zero-order valence-corrected chi connectivity index (χ0v) is 12.9. The maximum atomic E-state index is 12.2. The molecule has 1 atom stereocenters. The van der Waals surface area contributed by atoms with Gasteiger partial charge in [0.25, 0.3) is 5.91 Å². The molecule has 0 radical (unpaired) electrons. The topological polar surface area (TPSA) is 72.5 Å². The highest BCUT2D eigenvalue weighted by Crippen LogP contribution is 2.16. The Kier molecular flexibility index (Phi) is 5.25. The molecule has 5 nitrogen and oxygen atoms in total. The van der Waals surface area contributed by atoms with Crippen molar-refractivity contribution in [3.05, 3.63) is 65.7 Å². The number of nitrogens with one attached hydrogen (secondary N) is 1. The molecule has 0 heterocycles. The van der Waals surface area contributed by atoms with Gasteiger partial charge < -0.3 is 10.1 Å². The van der Waals surface area contributed by atoms with Crippen LogP contribution in [-0.4, -0.2) is 23.8 Å². The van der Waals surface area contributed by atoms with Gasteiger partial charge in [-0.3, -0.25) is 9.59 Å². The summed E-state index contributed by atoms with van der Waals surface area (Å²) in [7, 11) is 0. The van der Waals surface area contributed by atoms with Gasteiger partial charge in [0.1, 0.15) is 0 Å². The Labute approximate surface area is 134 Å². The molecule has 0 fully saturated rings. The van der Waals surface area contributed by atoms with Crippen LogP contribution in [0.4, 0.5) is 5.69 Å². The monoisotopic (exact) mass is 311 g/mol. The minimum Gasteiger partial charge on any atom is -0.449 e. The average molecular weight is 311 g/mol. The highest BCUT2D eigenvalue weighted by Gasteiger charge is 2.20. The number of anilines is 1. The lowest BCUT2D eigenvalue weighted by atomic mass is 10.1. The number of para-hydroxylation sites is 1. The van der Waals surface area contributed by atoms with E-state index in [2.05, 4.69) is 5.32 Å². The van der Waals surface area contributed by atoms with Crippen molar-refractivity contribution in [1.82, 2.24) is 0 Å². The third kappa shape index (κ3) is 4.26. The first-order valence-corrected chi connectivity index (χ1v) is 7.16. The number of Topliss-reactive ketones (excluding diaryl/α,β-unsaturated/α-hetero) is 1. The van der Waals surface area contributed by atoms with E-state index in [-0.39, 0.29) is 5.78 Å². The standard InChI is InChI=1S/C18H17NO4/c1-12(20)15-10-6-7-11-16(15)19-17(21)13(2)23-18(22)14-8-4-3-5-9-14/h3-11,13H,1-2H3,(H,19,21). The molecule has 0 aromatic heterocycles. The molecule has 5 heteroatoms. The highest BCUT2D eigenvalue weighted by atomic mass is 16.5. The number of ether oxygens (including phenoxy) is 1. The Morgan fingerprint density at radius 3 is 2.22 bits per heavy atom. The third-order valence-electron chi connectivity index (χ3n) is 3.23. The Morgan fingerprint density at radius 1 is 0.957 bits per heavy atom. The van der Waals surface area contributed by atoms with E-state index in [1.807, 2.05) is 0 Å². The summed E-state index contributed by atoms with van der Waals surface area (Å²) in [5.41, 5.74) is 1.17. The normalized spacial score (nSPS) is 11.4. The van der Waals surface area contributed by atoms with Gasteiger partial charge in [-0.1, -0.05) is 30.3 Å². The lowest BCUT2D eigenvalue weighted by Crippen LogP contribution is -2.30. The molecule has 1 unspecified atom stereocenters. The van der Waals surface area contributed by atoms with Gasteiger partial charge >= 0.3 is 5.97 Å². The van der Waals surface area contributed by atoms with E-state index in [0.29, 0.717) is 16.8 Å². The van der Waals surface area contributed by atoms with Crippen LogP contribution in [0.25, 0.3) is 0 Å². The molecule has 0 aliphatic carbocycles. The first kappa shape index (κ1) is 16.4. The fourth-order valence-electron chi connectivity index (χ4n) is 1.99. The molecule has 1 N–H and O–H groups in total. The summed E-state index contributed by atoms with van der Waals surface area (Å²) in [4.78, 5) is 35.6. The predicted molar refractivity (Wildman–Crippen MR) is 86.4 cm³/mol. The van der Waals surface area contributed by atoms with Crippen LogP contribution < -0.4 is 5.32 Å². The fraction of sp³-hybridized carbons (Fsp3) is 0.167. The van der Waals surface area contributed by atoms with Gasteiger partial charge in [-0.25, -0.2) is 4.79 Å².